The number of aromatic nitrogens is 2. The maximum Gasteiger partial charge on any atom is 0.241 e. The number of nitrogens with one attached hydrogen (secondary N) is 1. The monoisotopic (exact) mass is 510 g/mol. The van der Waals surface area contributed by atoms with Gasteiger partial charge < -0.3 is 14.8 Å². The predicted octanol–water partition coefficient (Wildman–Crippen LogP) is 5.07. The molecule has 32 heavy (non-hydrogen) atoms. The van der Waals surface area contributed by atoms with Crippen molar-refractivity contribution in [3.63, 3.8) is 0 Å². The Balaban J connectivity index is 1.99. The van der Waals surface area contributed by atoms with Gasteiger partial charge in [0.05, 0.1) is 30.8 Å². The van der Waals surface area contributed by atoms with Crippen molar-refractivity contribution in [3.8, 4) is 22.8 Å². The molecule has 166 valence electrons. The molecule has 0 atom stereocenters. The van der Waals surface area contributed by atoms with Crippen LogP contribution in [-0.4, -0.2) is 32.6 Å². The summed E-state index contributed by atoms with van der Waals surface area (Å²) in [5.41, 5.74) is 1.96. The van der Waals surface area contributed by atoms with Crippen molar-refractivity contribution < 1.29 is 17.9 Å². The number of hydrogen-bond acceptors (Lipinski definition) is 8. The van der Waals surface area contributed by atoms with E-state index in [0.717, 1.165) is 11.3 Å². The quantitative estimate of drug-likeness (QED) is 0.371. The van der Waals surface area contributed by atoms with Gasteiger partial charge in [0.2, 0.25) is 10.0 Å². The molecule has 0 radical (unpaired) electrons. The average molecular weight is 511 g/mol. The van der Waals surface area contributed by atoms with Crippen molar-refractivity contribution in [2.75, 3.05) is 19.5 Å². The third-order valence-electron chi connectivity index (χ3n) is 4.49. The van der Waals surface area contributed by atoms with Crippen LogP contribution >= 0.6 is 34.5 Å². The van der Waals surface area contributed by atoms with Crippen molar-refractivity contribution in [1.29, 1.82) is 0 Å². The summed E-state index contributed by atoms with van der Waals surface area (Å²) in [4.78, 5) is 8.97. The molecule has 0 saturated heterocycles. The Bertz CT molecular complexity index is 1420. The highest BCUT2D eigenvalue weighted by atomic mass is 35.5. The van der Waals surface area contributed by atoms with Crippen LogP contribution in [0.1, 0.15) is 0 Å². The molecule has 0 fully saturated rings. The fraction of sp³-hybridized carbons (Fsp3) is 0.100. The molecule has 2 heterocycles. The number of thiophene rings is 1. The number of primary sulfonamides is 1. The minimum absolute atomic E-state index is 0.0588. The highest BCUT2D eigenvalue weighted by Crippen LogP contribution is 2.46. The molecule has 0 aliphatic carbocycles. The summed E-state index contributed by atoms with van der Waals surface area (Å²) in [5.74, 6) is 1.34. The van der Waals surface area contributed by atoms with E-state index in [4.69, 9.17) is 37.8 Å². The molecule has 0 unspecified atom stereocenters. The van der Waals surface area contributed by atoms with Crippen molar-refractivity contribution >= 4 is 67.1 Å². The number of methoxy groups -OCH3 is 2. The molecule has 4 rings (SSSR count). The SMILES string of the molecule is COc1cc(Nc2nc3ccccc3nc2-c2c(Cl)sc(Cl)c2S(N)(=O)=O)cc(OC)c1. The molecule has 0 amide bonds. The van der Waals surface area contributed by atoms with Gasteiger partial charge in [-0.1, -0.05) is 35.3 Å². The molecular weight excluding hydrogens is 495 g/mol. The molecule has 0 aliphatic heterocycles. The summed E-state index contributed by atoms with van der Waals surface area (Å²) in [5, 5.41) is 8.60. The first-order chi connectivity index (χ1) is 15.2. The highest BCUT2D eigenvalue weighted by Gasteiger charge is 2.29. The Morgan fingerprint density at radius 3 is 2.12 bits per heavy atom. The first kappa shape index (κ1) is 22.6. The molecule has 0 saturated carbocycles. The lowest BCUT2D eigenvalue weighted by Gasteiger charge is -2.14. The van der Waals surface area contributed by atoms with Gasteiger partial charge in [0, 0.05) is 23.9 Å². The second-order valence-electron chi connectivity index (χ2n) is 6.53. The van der Waals surface area contributed by atoms with Gasteiger partial charge in [-0.15, -0.1) is 11.3 Å². The van der Waals surface area contributed by atoms with Crippen molar-refractivity contribution in [3.05, 3.63) is 51.1 Å². The number of hydrogen-bond donors (Lipinski definition) is 2. The molecule has 0 aliphatic rings. The van der Waals surface area contributed by atoms with Crippen LogP contribution in [-0.2, 0) is 10.0 Å². The molecule has 8 nitrogen and oxygen atoms in total. The standard InChI is InChI=1S/C20H16Cl2N4O4S2/c1-29-11-7-10(8-12(9-11)30-2)24-20-16(25-13-5-3-4-6-14(13)26-20)15-17(32(23,27)28)19(22)31-18(15)21/h3-9H,1-2H3,(H,24,26)(H2,23,27,28). The van der Waals surface area contributed by atoms with Gasteiger partial charge in [-0.3, -0.25) is 0 Å². The second kappa shape index (κ2) is 8.72. The molecular formula is C20H16Cl2N4O4S2. The molecule has 12 heteroatoms. The van der Waals surface area contributed by atoms with E-state index < -0.39 is 10.0 Å². The zero-order valence-corrected chi connectivity index (χ0v) is 19.9. The lowest BCUT2D eigenvalue weighted by Crippen LogP contribution is -2.13. The van der Waals surface area contributed by atoms with Gasteiger partial charge in [0.25, 0.3) is 0 Å². The van der Waals surface area contributed by atoms with E-state index in [1.54, 1.807) is 36.4 Å². The van der Waals surface area contributed by atoms with E-state index in [2.05, 4.69) is 15.3 Å². The summed E-state index contributed by atoms with van der Waals surface area (Å²) >= 11 is 13.4. The van der Waals surface area contributed by atoms with Crippen molar-refractivity contribution in [2.45, 2.75) is 4.90 Å². The summed E-state index contributed by atoms with van der Waals surface area (Å²) in [6, 6.07) is 12.3. The van der Waals surface area contributed by atoms with Crippen LogP contribution in [0.5, 0.6) is 11.5 Å². The van der Waals surface area contributed by atoms with Crippen LogP contribution in [0.25, 0.3) is 22.3 Å². The smallest absolute Gasteiger partial charge is 0.241 e. The number of ether oxygens (including phenoxy) is 2. The van der Waals surface area contributed by atoms with Crippen molar-refractivity contribution in [2.24, 2.45) is 5.14 Å². The molecule has 2 aromatic heterocycles. The van der Waals surface area contributed by atoms with E-state index in [-0.39, 0.29) is 30.6 Å². The van der Waals surface area contributed by atoms with Gasteiger partial charge >= 0.3 is 0 Å². The lowest BCUT2D eigenvalue weighted by molar-refractivity contribution is 0.395. The van der Waals surface area contributed by atoms with Gasteiger partial charge in [-0.2, -0.15) is 0 Å². The number of nitrogens with two attached hydrogens (primary N) is 1. The van der Waals surface area contributed by atoms with Crippen LogP contribution in [0.2, 0.25) is 8.67 Å². The predicted molar refractivity (Wildman–Crippen MR) is 127 cm³/mol. The number of rotatable bonds is 6. The van der Waals surface area contributed by atoms with E-state index >= 15 is 0 Å². The Hall–Kier alpha value is -2.63. The largest absolute Gasteiger partial charge is 0.497 e. The van der Waals surface area contributed by atoms with E-state index in [0.29, 0.717) is 28.2 Å². The first-order valence-corrected chi connectivity index (χ1v) is 12.1. The number of para-hydroxylation sites is 2. The zero-order chi connectivity index (χ0) is 23.0. The van der Waals surface area contributed by atoms with Gasteiger partial charge in [0.1, 0.15) is 30.8 Å². The minimum atomic E-state index is -4.20. The zero-order valence-electron chi connectivity index (χ0n) is 16.7. The van der Waals surface area contributed by atoms with Gasteiger partial charge in [-0.05, 0) is 12.1 Å². The van der Waals surface area contributed by atoms with Crippen LogP contribution in [0, 0.1) is 0 Å². The summed E-state index contributed by atoms with van der Waals surface area (Å²) in [6.45, 7) is 0. The number of nitrogens with zero attached hydrogens (tertiary/aromatic N) is 2. The molecule has 0 spiro atoms. The lowest BCUT2D eigenvalue weighted by atomic mass is 10.2. The Labute approximate surface area is 198 Å². The number of fused-ring (bicyclic) bond motifs is 1. The van der Waals surface area contributed by atoms with Crippen LogP contribution in [0.3, 0.4) is 0 Å². The Morgan fingerprint density at radius 2 is 1.56 bits per heavy atom. The average Bonchev–Trinajstić information content (AvgIpc) is 3.06. The highest BCUT2D eigenvalue weighted by molar-refractivity contribution is 7.89. The molecule has 2 aromatic carbocycles. The van der Waals surface area contributed by atoms with Crippen LogP contribution < -0.4 is 19.9 Å². The number of benzene rings is 2. The van der Waals surface area contributed by atoms with E-state index in [9.17, 15) is 8.42 Å². The third-order valence-corrected chi connectivity index (χ3v) is 7.31. The Kier molecular flexibility index (Phi) is 6.15. The topological polar surface area (TPSA) is 116 Å². The number of sulfonamides is 1. The van der Waals surface area contributed by atoms with E-state index in [1.165, 1.54) is 14.2 Å². The fourth-order valence-corrected chi connectivity index (χ4v) is 6.23. The Morgan fingerprint density at radius 1 is 0.969 bits per heavy atom. The molecule has 3 N–H and O–H groups in total. The summed E-state index contributed by atoms with van der Waals surface area (Å²) in [6.07, 6.45) is 0. The minimum Gasteiger partial charge on any atom is -0.497 e. The fourth-order valence-electron chi connectivity index (χ4n) is 3.10. The maximum atomic E-state index is 12.3. The van der Waals surface area contributed by atoms with Gasteiger partial charge in [-0.25, -0.2) is 23.5 Å². The molecule has 4 aromatic rings. The maximum absolute atomic E-state index is 12.3. The molecule has 0 bridgehead atoms. The normalized spacial score (nSPS) is 11.5. The number of anilines is 2. The van der Waals surface area contributed by atoms with Gasteiger partial charge in [0.15, 0.2) is 5.82 Å². The van der Waals surface area contributed by atoms with Crippen molar-refractivity contribution in [1.82, 2.24) is 9.97 Å². The second-order valence-corrected chi connectivity index (χ2v) is 10.3. The van der Waals surface area contributed by atoms with Crippen LogP contribution in [0.4, 0.5) is 11.5 Å². The van der Waals surface area contributed by atoms with Crippen LogP contribution in [0.15, 0.2) is 47.4 Å². The number of halogens is 2. The summed E-state index contributed by atoms with van der Waals surface area (Å²) < 4.78 is 35.3. The summed E-state index contributed by atoms with van der Waals surface area (Å²) in [7, 11) is -1.13. The third kappa shape index (κ3) is 4.32. The first-order valence-electron chi connectivity index (χ1n) is 8.99. The van der Waals surface area contributed by atoms with E-state index in [1.807, 2.05) is 6.07 Å².